The fourth-order valence-corrected chi connectivity index (χ4v) is 3.81. The van der Waals surface area contributed by atoms with Crippen molar-refractivity contribution < 1.29 is 18.4 Å². The highest BCUT2D eigenvalue weighted by molar-refractivity contribution is 7.99. The molecule has 0 aliphatic carbocycles. The number of carbonyl (C=O) groups is 1. The second kappa shape index (κ2) is 9.82. The molecule has 2 heterocycles. The minimum atomic E-state index is -0.371. The van der Waals surface area contributed by atoms with E-state index >= 15 is 0 Å². The third kappa shape index (κ3) is 5.03. The van der Waals surface area contributed by atoms with E-state index < -0.39 is 0 Å². The number of carbonyl (C=O) groups excluding carboxylic acids is 1. The van der Waals surface area contributed by atoms with Gasteiger partial charge in [0.25, 0.3) is 5.89 Å². The summed E-state index contributed by atoms with van der Waals surface area (Å²) in [6, 6.07) is 11.8. The average molecular weight is 469 g/mol. The maximum Gasteiger partial charge on any atom is 0.296 e. The van der Waals surface area contributed by atoms with Gasteiger partial charge < -0.3 is 14.6 Å². The highest BCUT2D eigenvalue weighted by Gasteiger charge is 2.20. The topological polar surface area (TPSA) is 108 Å². The summed E-state index contributed by atoms with van der Waals surface area (Å²) in [5.41, 5.74) is 1.69. The Hall–Kier alpha value is -3.73. The Morgan fingerprint density at radius 3 is 2.70 bits per heavy atom. The number of anilines is 1. The van der Waals surface area contributed by atoms with Crippen LogP contribution in [-0.2, 0) is 11.3 Å². The molecule has 33 heavy (non-hydrogen) atoms. The molecule has 0 aliphatic heterocycles. The van der Waals surface area contributed by atoms with E-state index in [0.717, 1.165) is 11.3 Å². The molecule has 4 rings (SSSR count). The summed E-state index contributed by atoms with van der Waals surface area (Å²) >= 11 is 1.21. The fraction of sp³-hybridized carbons (Fsp3) is 0.227. The third-order valence-corrected chi connectivity index (χ3v) is 5.75. The lowest BCUT2D eigenvalue weighted by Crippen LogP contribution is -2.15. The number of nitrogens with zero attached hydrogens (tertiary/aromatic N) is 5. The van der Waals surface area contributed by atoms with E-state index in [1.807, 2.05) is 31.2 Å². The zero-order valence-corrected chi connectivity index (χ0v) is 19.0. The highest BCUT2D eigenvalue weighted by Crippen LogP contribution is 2.26. The van der Waals surface area contributed by atoms with Crippen LogP contribution in [0.15, 0.2) is 52.1 Å². The van der Waals surface area contributed by atoms with E-state index in [2.05, 4.69) is 25.7 Å². The van der Waals surface area contributed by atoms with Crippen LogP contribution in [0.2, 0.25) is 0 Å². The molecule has 2 aromatic carbocycles. The molecule has 0 spiro atoms. The summed E-state index contributed by atoms with van der Waals surface area (Å²) in [7, 11) is 1.60. The Balaban J connectivity index is 1.45. The number of nitrogens with one attached hydrogen (secondary N) is 1. The summed E-state index contributed by atoms with van der Waals surface area (Å²) in [6.45, 7) is 4.12. The van der Waals surface area contributed by atoms with E-state index in [1.165, 1.54) is 17.8 Å². The standard InChI is InChI=1S/C22H21FN6O3S/c1-4-29-20(21-25-19(28-32-21)14-6-9-16(31-3)10-7-14)26-27-22(29)33-12-18(30)24-15-8-5-13(2)17(23)11-15/h5-11H,4,12H2,1-3H3,(H,24,30). The molecule has 0 saturated carbocycles. The number of hydrogen-bond donors (Lipinski definition) is 1. The van der Waals surface area contributed by atoms with Crippen LogP contribution in [-0.4, -0.2) is 43.7 Å². The van der Waals surface area contributed by atoms with Gasteiger partial charge >= 0.3 is 0 Å². The van der Waals surface area contributed by atoms with Gasteiger partial charge in [0.1, 0.15) is 11.6 Å². The Morgan fingerprint density at radius 1 is 1.21 bits per heavy atom. The molecule has 0 aliphatic rings. The molecule has 0 saturated heterocycles. The van der Waals surface area contributed by atoms with Gasteiger partial charge in [-0.25, -0.2) is 4.39 Å². The fourth-order valence-electron chi connectivity index (χ4n) is 3.01. The Kier molecular flexibility index (Phi) is 6.68. The van der Waals surface area contributed by atoms with Crippen LogP contribution < -0.4 is 10.1 Å². The van der Waals surface area contributed by atoms with Crippen molar-refractivity contribution in [2.75, 3.05) is 18.2 Å². The second-order valence-corrected chi connectivity index (χ2v) is 7.95. The first-order valence-electron chi connectivity index (χ1n) is 10.1. The van der Waals surface area contributed by atoms with Crippen LogP contribution in [0.5, 0.6) is 5.75 Å². The minimum absolute atomic E-state index is 0.0779. The number of aromatic nitrogens is 5. The van der Waals surface area contributed by atoms with E-state index in [1.54, 1.807) is 30.7 Å². The van der Waals surface area contributed by atoms with Crippen molar-refractivity contribution in [3.63, 3.8) is 0 Å². The Morgan fingerprint density at radius 2 is 2.00 bits per heavy atom. The SMILES string of the molecule is CCn1c(SCC(=O)Nc2ccc(C)c(F)c2)nnc1-c1nc(-c2ccc(OC)cc2)no1. The number of halogens is 1. The van der Waals surface area contributed by atoms with E-state index in [-0.39, 0.29) is 23.4 Å². The number of methoxy groups -OCH3 is 1. The van der Waals surface area contributed by atoms with Crippen molar-refractivity contribution in [1.29, 1.82) is 0 Å². The first-order chi connectivity index (χ1) is 16.0. The summed E-state index contributed by atoms with van der Waals surface area (Å²) in [5.74, 6) is 1.20. The van der Waals surface area contributed by atoms with Crippen molar-refractivity contribution in [2.24, 2.45) is 0 Å². The maximum atomic E-state index is 13.7. The molecule has 1 amide bonds. The van der Waals surface area contributed by atoms with E-state index in [0.29, 0.717) is 34.6 Å². The molecule has 1 N–H and O–H groups in total. The van der Waals surface area contributed by atoms with Crippen LogP contribution in [0.4, 0.5) is 10.1 Å². The molecule has 170 valence electrons. The van der Waals surface area contributed by atoms with Gasteiger partial charge in [0.05, 0.1) is 12.9 Å². The number of benzene rings is 2. The summed E-state index contributed by atoms with van der Waals surface area (Å²) in [4.78, 5) is 16.7. The monoisotopic (exact) mass is 468 g/mol. The summed E-state index contributed by atoms with van der Waals surface area (Å²) in [6.07, 6.45) is 0. The van der Waals surface area contributed by atoms with Crippen LogP contribution in [0.1, 0.15) is 12.5 Å². The van der Waals surface area contributed by atoms with Gasteiger partial charge in [-0.3, -0.25) is 9.36 Å². The van der Waals surface area contributed by atoms with Gasteiger partial charge in [-0.15, -0.1) is 10.2 Å². The van der Waals surface area contributed by atoms with Crippen molar-refractivity contribution in [3.05, 3.63) is 53.8 Å². The van der Waals surface area contributed by atoms with Crippen molar-refractivity contribution in [2.45, 2.75) is 25.5 Å². The molecule has 0 unspecified atom stereocenters. The largest absolute Gasteiger partial charge is 0.497 e. The molecule has 4 aromatic rings. The normalized spacial score (nSPS) is 10.9. The van der Waals surface area contributed by atoms with Crippen LogP contribution in [0.25, 0.3) is 23.1 Å². The van der Waals surface area contributed by atoms with Gasteiger partial charge in [0, 0.05) is 17.8 Å². The average Bonchev–Trinajstić information content (AvgIpc) is 3.47. The van der Waals surface area contributed by atoms with Crippen LogP contribution >= 0.6 is 11.8 Å². The van der Waals surface area contributed by atoms with Crippen molar-refractivity contribution in [1.82, 2.24) is 24.9 Å². The van der Waals surface area contributed by atoms with Gasteiger partial charge in [-0.1, -0.05) is 23.0 Å². The number of amides is 1. The Labute approximate surface area is 193 Å². The first kappa shape index (κ1) is 22.5. The van der Waals surface area contributed by atoms with E-state index in [4.69, 9.17) is 9.26 Å². The van der Waals surface area contributed by atoms with Crippen molar-refractivity contribution in [3.8, 4) is 28.9 Å². The number of thioether (sulfide) groups is 1. The zero-order valence-electron chi connectivity index (χ0n) is 18.2. The lowest BCUT2D eigenvalue weighted by molar-refractivity contribution is -0.113. The van der Waals surface area contributed by atoms with Gasteiger partial charge in [0.2, 0.25) is 17.6 Å². The molecular weight excluding hydrogens is 447 g/mol. The molecule has 9 nitrogen and oxygen atoms in total. The highest BCUT2D eigenvalue weighted by atomic mass is 32.2. The van der Waals surface area contributed by atoms with Crippen LogP contribution in [0, 0.1) is 12.7 Å². The first-order valence-corrected chi connectivity index (χ1v) is 11.1. The quantitative estimate of drug-likeness (QED) is 0.383. The lowest BCUT2D eigenvalue weighted by Gasteiger charge is -2.07. The molecule has 11 heteroatoms. The van der Waals surface area contributed by atoms with E-state index in [9.17, 15) is 9.18 Å². The molecule has 0 bridgehead atoms. The predicted octanol–water partition coefficient (Wildman–Crippen LogP) is 4.20. The number of aryl methyl sites for hydroxylation is 1. The van der Waals surface area contributed by atoms with Gasteiger partial charge in [-0.05, 0) is 55.8 Å². The minimum Gasteiger partial charge on any atom is -0.497 e. The third-order valence-electron chi connectivity index (χ3n) is 4.79. The predicted molar refractivity (Wildman–Crippen MR) is 121 cm³/mol. The molecule has 0 atom stereocenters. The molecule has 0 radical (unpaired) electrons. The smallest absolute Gasteiger partial charge is 0.296 e. The molecule has 0 fully saturated rings. The summed E-state index contributed by atoms with van der Waals surface area (Å²) in [5, 5.41) is 15.6. The number of ether oxygens (including phenoxy) is 1. The Bertz CT molecular complexity index is 1270. The number of rotatable bonds is 8. The van der Waals surface area contributed by atoms with Crippen molar-refractivity contribution >= 4 is 23.4 Å². The lowest BCUT2D eigenvalue weighted by atomic mass is 10.2. The van der Waals surface area contributed by atoms with Crippen LogP contribution in [0.3, 0.4) is 0 Å². The summed E-state index contributed by atoms with van der Waals surface area (Å²) < 4.78 is 26.0. The number of hydrogen-bond acceptors (Lipinski definition) is 8. The second-order valence-electron chi connectivity index (χ2n) is 7.00. The molecular formula is C22H21FN6O3S. The molecule has 2 aromatic heterocycles. The van der Waals surface area contributed by atoms with Gasteiger partial charge in [0.15, 0.2) is 5.16 Å². The maximum absolute atomic E-state index is 13.7. The zero-order chi connectivity index (χ0) is 23.4. The van der Waals surface area contributed by atoms with Gasteiger partial charge in [-0.2, -0.15) is 4.98 Å².